The van der Waals surface area contributed by atoms with Gasteiger partial charge in [0.1, 0.15) is 23.2 Å². The van der Waals surface area contributed by atoms with Gasteiger partial charge in [0.05, 0.1) is 43.3 Å². The maximum absolute atomic E-state index is 13.8. The summed E-state index contributed by atoms with van der Waals surface area (Å²) < 4.78 is 12.3. The van der Waals surface area contributed by atoms with Crippen LogP contribution in [0, 0.1) is 11.8 Å². The van der Waals surface area contributed by atoms with Crippen LogP contribution in [-0.2, 0) is 20.9 Å². The second-order valence-corrected chi connectivity index (χ2v) is 9.49. The number of aryl methyl sites for hydroxylation is 1. The summed E-state index contributed by atoms with van der Waals surface area (Å²) in [4.78, 5) is 41.0. The van der Waals surface area contributed by atoms with Crippen LogP contribution in [0.3, 0.4) is 0 Å². The van der Waals surface area contributed by atoms with E-state index in [1.807, 2.05) is 6.92 Å². The minimum atomic E-state index is -1.73. The molecule has 1 aliphatic carbocycles. The largest absolute Gasteiger partial charge is 0.495 e. The van der Waals surface area contributed by atoms with Gasteiger partial charge in [-0.1, -0.05) is 24.3 Å². The fourth-order valence-electron chi connectivity index (χ4n) is 5.13. The molecule has 4 atom stereocenters. The van der Waals surface area contributed by atoms with Gasteiger partial charge in [0, 0.05) is 25.1 Å². The van der Waals surface area contributed by atoms with Gasteiger partial charge in [-0.3, -0.25) is 19.1 Å². The van der Waals surface area contributed by atoms with Gasteiger partial charge in [0.25, 0.3) is 0 Å². The Bertz CT molecular complexity index is 1330. The molecular formula is C28H32N4O6. The number of aromatic nitrogens is 2. The monoisotopic (exact) mass is 520 g/mol. The molecule has 2 amide bonds. The highest BCUT2D eigenvalue weighted by molar-refractivity contribution is 6.11. The molecular weight excluding hydrogens is 488 g/mol. The van der Waals surface area contributed by atoms with Gasteiger partial charge >= 0.3 is 0 Å². The van der Waals surface area contributed by atoms with Crippen molar-refractivity contribution in [3.8, 4) is 11.5 Å². The lowest BCUT2D eigenvalue weighted by Gasteiger charge is -2.44. The highest BCUT2D eigenvalue weighted by atomic mass is 16.5. The first kappa shape index (κ1) is 26.9. The Labute approximate surface area is 220 Å². The molecule has 2 aromatic carbocycles. The Balaban J connectivity index is 1.77. The lowest BCUT2D eigenvalue weighted by Crippen LogP contribution is -2.56. The number of hydrogen-bond acceptors (Lipinski definition) is 7. The number of para-hydroxylation sites is 4. The number of rotatable bonds is 8. The minimum Gasteiger partial charge on any atom is -0.495 e. The molecule has 1 aromatic heterocycles. The van der Waals surface area contributed by atoms with Gasteiger partial charge in [-0.2, -0.15) is 5.10 Å². The van der Waals surface area contributed by atoms with E-state index < -0.39 is 41.0 Å². The van der Waals surface area contributed by atoms with E-state index in [4.69, 9.17) is 9.47 Å². The van der Waals surface area contributed by atoms with Crippen LogP contribution in [0.2, 0.25) is 0 Å². The van der Waals surface area contributed by atoms with Crippen LogP contribution in [0.25, 0.3) is 0 Å². The van der Waals surface area contributed by atoms with Gasteiger partial charge in [-0.15, -0.1) is 0 Å². The lowest BCUT2D eigenvalue weighted by atomic mass is 9.61. The number of anilines is 2. The van der Waals surface area contributed by atoms with Crippen molar-refractivity contribution in [2.45, 2.75) is 38.3 Å². The fraction of sp³-hybridized carbons (Fsp3) is 0.357. The number of ketones is 1. The first-order chi connectivity index (χ1) is 18.2. The first-order valence-corrected chi connectivity index (χ1v) is 12.3. The second kappa shape index (κ2) is 11.1. The van der Waals surface area contributed by atoms with Gasteiger partial charge in [0.15, 0.2) is 0 Å². The first-order valence-electron chi connectivity index (χ1n) is 12.3. The molecule has 10 heteroatoms. The molecule has 0 spiro atoms. The summed E-state index contributed by atoms with van der Waals surface area (Å²) >= 11 is 0. The normalized spacial score (nSPS) is 23.0. The van der Waals surface area contributed by atoms with Gasteiger partial charge in [-0.05, 0) is 43.7 Å². The summed E-state index contributed by atoms with van der Waals surface area (Å²) in [6.45, 7) is 3.90. The molecule has 0 bridgehead atoms. The van der Waals surface area contributed by atoms with Crippen molar-refractivity contribution in [2.24, 2.45) is 11.8 Å². The van der Waals surface area contributed by atoms with Crippen LogP contribution >= 0.6 is 0 Å². The predicted molar refractivity (Wildman–Crippen MR) is 141 cm³/mol. The van der Waals surface area contributed by atoms with Crippen molar-refractivity contribution >= 4 is 29.0 Å². The number of ether oxygens (including phenoxy) is 2. The van der Waals surface area contributed by atoms with Crippen LogP contribution in [-0.4, -0.2) is 52.3 Å². The zero-order valence-corrected chi connectivity index (χ0v) is 21.8. The topological polar surface area (TPSA) is 132 Å². The molecule has 0 unspecified atom stereocenters. The van der Waals surface area contributed by atoms with E-state index in [9.17, 15) is 19.5 Å². The molecule has 1 saturated carbocycles. The smallest absolute Gasteiger partial charge is 0.235 e. The fourth-order valence-corrected chi connectivity index (χ4v) is 5.13. The molecule has 4 rings (SSSR count). The van der Waals surface area contributed by atoms with Crippen LogP contribution in [0.5, 0.6) is 11.5 Å². The summed E-state index contributed by atoms with van der Waals surface area (Å²) in [5.74, 6) is -4.16. The number of methoxy groups -OCH3 is 2. The molecule has 10 nitrogen and oxygen atoms in total. The van der Waals surface area contributed by atoms with Crippen molar-refractivity contribution < 1.29 is 29.0 Å². The Hall–Kier alpha value is -4.18. The van der Waals surface area contributed by atoms with Crippen LogP contribution < -0.4 is 20.1 Å². The molecule has 1 fully saturated rings. The number of nitrogens with one attached hydrogen (secondary N) is 2. The average molecular weight is 521 g/mol. The lowest BCUT2D eigenvalue weighted by molar-refractivity contribution is -0.150. The number of benzene rings is 2. The molecule has 0 radical (unpaired) electrons. The van der Waals surface area contributed by atoms with Crippen LogP contribution in [0.15, 0.2) is 60.9 Å². The number of nitrogens with zero attached hydrogens (tertiary/aromatic N) is 2. The third-order valence-electron chi connectivity index (χ3n) is 6.92. The van der Waals surface area contributed by atoms with Crippen molar-refractivity contribution in [3.63, 3.8) is 0 Å². The van der Waals surface area contributed by atoms with Gasteiger partial charge in [0.2, 0.25) is 11.8 Å². The molecule has 1 aliphatic rings. The number of hydrogen-bond donors (Lipinski definition) is 3. The van der Waals surface area contributed by atoms with E-state index in [-0.39, 0.29) is 6.42 Å². The van der Waals surface area contributed by atoms with Crippen molar-refractivity contribution in [1.82, 2.24) is 9.78 Å². The molecule has 0 aliphatic heterocycles. The third-order valence-corrected chi connectivity index (χ3v) is 6.92. The summed E-state index contributed by atoms with van der Waals surface area (Å²) in [6.07, 6.45) is 2.86. The second-order valence-electron chi connectivity index (χ2n) is 9.49. The SMILES string of the molecule is CCn1cc([C@H]2[C@H](C(=O)Nc3ccccc3OC)C(=O)C[C@@](C)(O)[C@@H]2C(=O)Nc2ccccc2OC)cn1. The molecule has 1 heterocycles. The van der Waals surface area contributed by atoms with E-state index in [0.717, 1.165) is 0 Å². The Kier molecular flexibility index (Phi) is 7.82. The maximum atomic E-state index is 13.8. The summed E-state index contributed by atoms with van der Waals surface area (Å²) in [6, 6.07) is 13.7. The maximum Gasteiger partial charge on any atom is 0.235 e. The molecule has 200 valence electrons. The van der Waals surface area contributed by atoms with E-state index in [1.165, 1.54) is 27.3 Å². The van der Waals surface area contributed by atoms with E-state index in [0.29, 0.717) is 35.0 Å². The summed E-state index contributed by atoms with van der Waals surface area (Å²) in [5, 5.41) is 21.4. The number of carbonyl (C=O) groups excluding carboxylic acids is 3. The van der Waals surface area contributed by atoms with Gasteiger partial charge in [-0.25, -0.2) is 0 Å². The Morgan fingerprint density at radius 3 is 2.11 bits per heavy atom. The zero-order chi connectivity index (χ0) is 27.4. The van der Waals surface area contributed by atoms with Crippen LogP contribution in [0.4, 0.5) is 11.4 Å². The molecule has 0 saturated heterocycles. The summed E-state index contributed by atoms with van der Waals surface area (Å²) in [7, 11) is 2.97. The van der Waals surface area contributed by atoms with Crippen molar-refractivity contribution in [2.75, 3.05) is 24.9 Å². The number of Topliss-reactive ketones (excluding diaryl/α,β-unsaturated/α-hetero) is 1. The zero-order valence-electron chi connectivity index (χ0n) is 21.8. The standard InChI is InChI=1S/C28H32N4O6/c1-5-32-16-17(15-29-32)23-24(26(34)30-18-10-6-8-12-21(18)37-3)20(33)14-28(2,36)25(23)27(35)31-19-11-7-9-13-22(19)38-4/h6-13,15-16,23-25,36H,5,14H2,1-4H3,(H,30,34)(H,31,35)/t23-,24+,25-,28+/m0/s1. The Morgan fingerprint density at radius 1 is 1.03 bits per heavy atom. The predicted octanol–water partition coefficient (Wildman–Crippen LogP) is 3.24. The minimum absolute atomic E-state index is 0.376. The van der Waals surface area contributed by atoms with Gasteiger partial charge < -0.3 is 25.2 Å². The van der Waals surface area contributed by atoms with Crippen LogP contribution in [0.1, 0.15) is 31.7 Å². The van der Waals surface area contributed by atoms with E-state index in [1.54, 1.807) is 59.4 Å². The molecule has 3 N–H and O–H groups in total. The summed E-state index contributed by atoms with van der Waals surface area (Å²) in [5.41, 5.74) is -0.432. The highest BCUT2D eigenvalue weighted by Gasteiger charge is 2.56. The molecule has 3 aromatic rings. The molecule has 38 heavy (non-hydrogen) atoms. The third kappa shape index (κ3) is 5.26. The van der Waals surface area contributed by atoms with E-state index >= 15 is 0 Å². The van der Waals surface area contributed by atoms with Crippen molar-refractivity contribution in [3.05, 3.63) is 66.5 Å². The number of aliphatic hydroxyl groups is 1. The van der Waals surface area contributed by atoms with Crippen molar-refractivity contribution in [1.29, 1.82) is 0 Å². The van der Waals surface area contributed by atoms with E-state index in [2.05, 4.69) is 15.7 Å². The quantitative estimate of drug-likeness (QED) is 0.389. The number of amides is 2. The Morgan fingerprint density at radius 2 is 1.58 bits per heavy atom. The highest BCUT2D eigenvalue weighted by Crippen LogP contribution is 2.47. The number of carbonyl (C=O) groups is 3. The average Bonchev–Trinajstić information content (AvgIpc) is 3.37.